The lowest BCUT2D eigenvalue weighted by Gasteiger charge is -2.27. The predicted molar refractivity (Wildman–Crippen MR) is 334 cm³/mol. The van der Waals surface area contributed by atoms with E-state index in [0.29, 0.717) is 19.8 Å². The van der Waals surface area contributed by atoms with Crippen LogP contribution in [-0.4, -0.2) is 43.7 Å². The number of rotatable bonds is 38. The average Bonchev–Trinajstić information content (AvgIpc) is 3.70. The molecule has 10 heteroatoms. The second kappa shape index (κ2) is 35.5. The predicted octanol–water partition coefficient (Wildman–Crippen LogP) is 18.1. The Bertz CT molecular complexity index is 2830. The molecule has 6 aromatic carbocycles. The van der Waals surface area contributed by atoms with Crippen LogP contribution in [0.15, 0.2) is 196 Å². The zero-order valence-corrected chi connectivity index (χ0v) is 48.3. The monoisotopic (exact) mass is 1100 g/mol. The first-order chi connectivity index (χ1) is 40.1. The van der Waals surface area contributed by atoms with Crippen LogP contribution in [0.3, 0.4) is 0 Å². The van der Waals surface area contributed by atoms with Crippen LogP contribution in [0.5, 0.6) is 0 Å². The molecule has 1 atom stereocenters. The van der Waals surface area contributed by atoms with Crippen molar-refractivity contribution in [2.24, 2.45) is 0 Å². The van der Waals surface area contributed by atoms with Gasteiger partial charge in [-0.3, -0.25) is 0 Å². The first-order valence-corrected chi connectivity index (χ1v) is 29.5. The van der Waals surface area contributed by atoms with Gasteiger partial charge in [0.05, 0.1) is 19.8 Å². The molecular weight excluding hydrogens is 1020 g/mol. The summed E-state index contributed by atoms with van der Waals surface area (Å²) in [7, 11) is 0. The third-order valence-corrected chi connectivity index (χ3v) is 14.5. The van der Waals surface area contributed by atoms with Gasteiger partial charge in [0.2, 0.25) is 0 Å². The van der Waals surface area contributed by atoms with Crippen molar-refractivity contribution in [2.75, 3.05) is 29.6 Å². The van der Waals surface area contributed by atoms with E-state index in [1.54, 1.807) is 0 Å². The van der Waals surface area contributed by atoms with E-state index in [2.05, 4.69) is 189 Å². The Hall–Kier alpha value is -8.24. The first kappa shape index (κ1) is 62.9. The first-order valence-electron chi connectivity index (χ1n) is 29.5. The van der Waals surface area contributed by atoms with E-state index in [1.165, 1.54) is 41.0 Å². The van der Waals surface area contributed by atoms with E-state index < -0.39 is 5.97 Å². The molecular formula is C72H84N2O8. The molecule has 0 radical (unpaired) electrons. The second-order valence-electron chi connectivity index (χ2n) is 20.6. The number of hydrogen-bond acceptors (Lipinski definition) is 10. The van der Waals surface area contributed by atoms with Crippen molar-refractivity contribution in [3.63, 3.8) is 0 Å². The summed E-state index contributed by atoms with van der Waals surface area (Å²) in [5.41, 5.74) is 13.2. The van der Waals surface area contributed by atoms with Gasteiger partial charge in [-0.15, -0.1) is 0 Å². The maximum atomic E-state index is 12.4. The van der Waals surface area contributed by atoms with Gasteiger partial charge in [-0.05, 0) is 177 Å². The summed E-state index contributed by atoms with van der Waals surface area (Å²) < 4.78 is 21.3. The molecule has 0 N–H and O–H groups in total. The zero-order chi connectivity index (χ0) is 58.2. The molecule has 0 aromatic heterocycles. The van der Waals surface area contributed by atoms with Crippen molar-refractivity contribution in [1.82, 2.24) is 0 Å². The third-order valence-electron chi connectivity index (χ3n) is 14.5. The number of hydrogen-bond donors (Lipinski definition) is 0. The number of carbonyl (C=O) groups is 4. The number of nitrogens with zero attached hydrogens (tertiary/aromatic N) is 2. The van der Waals surface area contributed by atoms with Gasteiger partial charge in [0.1, 0.15) is 6.10 Å². The summed E-state index contributed by atoms with van der Waals surface area (Å²) in [5, 5.41) is 0. The van der Waals surface area contributed by atoms with Gasteiger partial charge in [0, 0.05) is 58.4 Å². The van der Waals surface area contributed by atoms with Crippen LogP contribution in [-0.2, 0) is 57.4 Å². The molecule has 0 amide bonds. The lowest BCUT2D eigenvalue weighted by atomic mass is 10.0. The highest BCUT2D eigenvalue weighted by molar-refractivity contribution is 5.83. The highest BCUT2D eigenvalue weighted by Gasteiger charge is 2.19. The minimum Gasteiger partial charge on any atom is -0.463 e. The highest BCUT2D eigenvalue weighted by Crippen LogP contribution is 2.39. The number of unbranched alkanes of at least 4 members (excludes halogenated alkanes) is 11. The van der Waals surface area contributed by atoms with Gasteiger partial charge in [0.15, 0.2) is 0 Å². The molecule has 430 valence electrons. The fourth-order valence-electron chi connectivity index (χ4n) is 9.88. The van der Waals surface area contributed by atoms with E-state index in [1.807, 2.05) is 0 Å². The van der Waals surface area contributed by atoms with Crippen LogP contribution in [0, 0.1) is 0 Å². The van der Waals surface area contributed by atoms with Crippen LogP contribution < -0.4 is 9.80 Å². The number of carbonyl (C=O) groups excluding carboxylic acids is 4. The molecule has 0 saturated heterocycles. The molecule has 82 heavy (non-hydrogen) atoms. The SMILES string of the molecule is C=CC(=O)OCCCCCCc1ccc(N(c2ccc(CCCCCCOC(=O)C=C)cc2)c2ccc(-c3ccc(N(c4ccc(CCCCCCOC(=O)C=C)cc4)c4ccc(C(CCCCC)OC(=O)C=C)cc4)cc3)cc2)cc1. The summed E-state index contributed by atoms with van der Waals surface area (Å²) >= 11 is 0. The number of ether oxygens (including phenoxy) is 4. The Kier molecular flexibility index (Phi) is 27.2. The summed E-state index contributed by atoms with van der Waals surface area (Å²) in [6.07, 6.45) is 23.1. The Morgan fingerprint density at radius 2 is 0.659 bits per heavy atom. The van der Waals surface area contributed by atoms with Crippen LogP contribution in [0.25, 0.3) is 11.1 Å². The maximum Gasteiger partial charge on any atom is 0.330 e. The molecule has 0 heterocycles. The smallest absolute Gasteiger partial charge is 0.330 e. The topological polar surface area (TPSA) is 112 Å². The van der Waals surface area contributed by atoms with Gasteiger partial charge in [-0.2, -0.15) is 0 Å². The fraction of sp³-hybridized carbons (Fsp3) is 0.333. The molecule has 0 fully saturated rings. The molecule has 0 aliphatic heterocycles. The van der Waals surface area contributed by atoms with Crippen LogP contribution in [0.4, 0.5) is 34.1 Å². The standard InChI is InChI=1S/C72H84N2O8/c1-6-11-18-28-68(82-72(78)10-5)61-39-51-67(52-40-61)74(64-45-33-58(34-46-64)27-21-14-17-24-55-81-71(77)9-4)66-49-37-60(38-50-66)59-35-47-65(48-36-59)73(62-41-29-56(30-42-62)25-19-12-15-22-53-79-69(75)7-2)63-43-31-57(32-44-63)26-20-13-16-23-54-80-70(76)8-3/h7-10,29-52,68H,2-6,11-28,53-55H2,1H3. The Labute approximate surface area is 488 Å². The second-order valence-corrected chi connectivity index (χ2v) is 20.6. The molecule has 0 aliphatic carbocycles. The Morgan fingerprint density at radius 3 is 0.963 bits per heavy atom. The van der Waals surface area contributed by atoms with Gasteiger partial charge < -0.3 is 28.7 Å². The lowest BCUT2D eigenvalue weighted by Crippen LogP contribution is -2.12. The number of aryl methyl sites for hydroxylation is 3. The Balaban J connectivity index is 1.20. The molecule has 0 saturated carbocycles. The quantitative estimate of drug-likeness (QED) is 0.0161. The molecule has 1 unspecified atom stereocenters. The molecule has 10 nitrogen and oxygen atoms in total. The number of anilines is 6. The molecule has 6 rings (SSSR count). The van der Waals surface area contributed by atoms with Crippen LogP contribution in [0.2, 0.25) is 0 Å². The van der Waals surface area contributed by atoms with Crippen molar-refractivity contribution in [1.29, 1.82) is 0 Å². The summed E-state index contributed by atoms with van der Waals surface area (Å²) in [4.78, 5) is 51.2. The average molecular weight is 1110 g/mol. The van der Waals surface area contributed by atoms with Crippen molar-refractivity contribution in [2.45, 2.75) is 135 Å². The van der Waals surface area contributed by atoms with Gasteiger partial charge in [-0.25, -0.2) is 19.2 Å². The van der Waals surface area contributed by atoms with Gasteiger partial charge in [-0.1, -0.05) is 157 Å². The fourth-order valence-corrected chi connectivity index (χ4v) is 9.88. The summed E-state index contributed by atoms with van der Waals surface area (Å²) in [6, 6.07) is 52.4. The van der Waals surface area contributed by atoms with Crippen molar-refractivity contribution in [3.8, 4) is 11.1 Å². The van der Waals surface area contributed by atoms with Crippen molar-refractivity contribution >= 4 is 58.0 Å². The normalized spacial score (nSPS) is 11.2. The van der Waals surface area contributed by atoms with Crippen molar-refractivity contribution in [3.05, 3.63) is 218 Å². The minimum atomic E-state index is -0.422. The third kappa shape index (κ3) is 21.0. The molecule has 6 aromatic rings. The van der Waals surface area contributed by atoms with E-state index in [-0.39, 0.29) is 24.0 Å². The van der Waals surface area contributed by atoms with Gasteiger partial charge in [0.25, 0.3) is 0 Å². The van der Waals surface area contributed by atoms with E-state index in [0.717, 1.165) is 173 Å². The molecule has 0 aliphatic rings. The van der Waals surface area contributed by atoms with E-state index in [4.69, 9.17) is 18.9 Å². The Morgan fingerprint density at radius 1 is 0.366 bits per heavy atom. The van der Waals surface area contributed by atoms with E-state index >= 15 is 0 Å². The molecule has 0 bridgehead atoms. The lowest BCUT2D eigenvalue weighted by molar-refractivity contribution is -0.144. The maximum absolute atomic E-state index is 12.4. The zero-order valence-electron chi connectivity index (χ0n) is 48.3. The molecule has 0 spiro atoms. The summed E-state index contributed by atoms with van der Waals surface area (Å²) in [6.45, 7) is 17.5. The number of benzene rings is 6. The van der Waals surface area contributed by atoms with Crippen molar-refractivity contribution < 1.29 is 38.1 Å². The van der Waals surface area contributed by atoms with Crippen LogP contribution >= 0.6 is 0 Å². The summed E-state index contributed by atoms with van der Waals surface area (Å²) in [5.74, 6) is -1.54. The van der Waals surface area contributed by atoms with Crippen LogP contribution in [0.1, 0.15) is 138 Å². The number of esters is 4. The van der Waals surface area contributed by atoms with E-state index in [9.17, 15) is 19.2 Å². The largest absolute Gasteiger partial charge is 0.463 e. The minimum absolute atomic E-state index is 0.359. The highest BCUT2D eigenvalue weighted by atomic mass is 16.5. The van der Waals surface area contributed by atoms with Gasteiger partial charge >= 0.3 is 23.9 Å².